The van der Waals surface area contributed by atoms with Crippen molar-refractivity contribution in [2.75, 3.05) is 6.67 Å². The van der Waals surface area contributed by atoms with Gasteiger partial charge in [-0.25, -0.2) is 4.79 Å². The van der Waals surface area contributed by atoms with Crippen molar-refractivity contribution >= 4 is 21.9 Å². The highest BCUT2D eigenvalue weighted by Crippen LogP contribution is 2.26. The van der Waals surface area contributed by atoms with Gasteiger partial charge < -0.3 is 10.1 Å². The number of allylic oxidation sites excluding steroid dienone is 1. The molecule has 0 bridgehead atoms. The van der Waals surface area contributed by atoms with Crippen LogP contribution in [0.25, 0.3) is 5.69 Å². The first-order chi connectivity index (χ1) is 12.0. The molecule has 1 unspecified atom stereocenters. The summed E-state index contributed by atoms with van der Waals surface area (Å²) in [7, 11) is 0. The van der Waals surface area contributed by atoms with E-state index in [0.717, 1.165) is 15.9 Å². The molecule has 1 aliphatic heterocycles. The molecule has 0 radical (unpaired) electrons. The molecule has 25 heavy (non-hydrogen) atoms. The zero-order valence-electron chi connectivity index (χ0n) is 14.3. The quantitative estimate of drug-likeness (QED) is 0.760. The third kappa shape index (κ3) is 3.91. The van der Waals surface area contributed by atoms with Crippen LogP contribution in [0.1, 0.15) is 32.5 Å². The van der Waals surface area contributed by atoms with Gasteiger partial charge in [-0.1, -0.05) is 15.9 Å². The van der Waals surface area contributed by atoms with Crippen LogP contribution in [0, 0.1) is 0 Å². The molecule has 1 aromatic heterocycles. The first kappa shape index (κ1) is 17.6. The number of hydrogen-bond donors (Lipinski definition) is 2. The maximum atomic E-state index is 12.5. The van der Waals surface area contributed by atoms with Gasteiger partial charge in [-0.2, -0.15) is 15.0 Å². The second-order valence-corrected chi connectivity index (χ2v) is 6.93. The van der Waals surface area contributed by atoms with Crippen LogP contribution < -0.4 is 10.6 Å². The minimum Gasteiger partial charge on any atom is -0.460 e. The van der Waals surface area contributed by atoms with E-state index in [-0.39, 0.29) is 18.1 Å². The number of rotatable bonds is 4. The summed E-state index contributed by atoms with van der Waals surface area (Å²) in [5, 5.41) is 15.3. The van der Waals surface area contributed by atoms with E-state index in [4.69, 9.17) is 4.74 Å². The van der Waals surface area contributed by atoms with E-state index in [1.807, 2.05) is 45.0 Å². The molecule has 3 rings (SSSR count). The lowest BCUT2D eigenvalue weighted by molar-refractivity contribution is -0.143. The molecule has 2 N–H and O–H groups in total. The first-order valence-corrected chi connectivity index (χ1v) is 8.82. The van der Waals surface area contributed by atoms with Gasteiger partial charge in [-0.3, -0.25) is 5.32 Å². The van der Waals surface area contributed by atoms with Gasteiger partial charge in [-0.15, -0.1) is 0 Å². The summed E-state index contributed by atoms with van der Waals surface area (Å²) in [4.78, 5) is 14.0. The number of halogens is 1. The smallest absolute Gasteiger partial charge is 0.338 e. The van der Waals surface area contributed by atoms with E-state index in [9.17, 15) is 4.79 Å². The summed E-state index contributed by atoms with van der Waals surface area (Å²) in [6.07, 6.45) is 1.48. The first-order valence-electron chi connectivity index (χ1n) is 8.03. The standard InChI is InChI=1S/C17H20BrN5O2/c1-10(2)25-17(24)15-11(3)19-9-20-16(15)14-8-21-23(22-14)13-6-4-12(18)5-7-13/h4-8,10,16,19-20H,9H2,1-3H3. The average molecular weight is 406 g/mol. The Kier molecular flexibility index (Phi) is 5.19. The second kappa shape index (κ2) is 7.37. The fourth-order valence-corrected chi connectivity index (χ4v) is 2.87. The number of nitrogens with one attached hydrogen (secondary N) is 2. The monoisotopic (exact) mass is 405 g/mol. The molecule has 1 aliphatic rings. The maximum Gasteiger partial charge on any atom is 0.338 e. The zero-order chi connectivity index (χ0) is 18.0. The Labute approximate surface area is 154 Å². The van der Waals surface area contributed by atoms with Gasteiger partial charge in [-0.05, 0) is 45.0 Å². The van der Waals surface area contributed by atoms with E-state index in [1.165, 1.54) is 0 Å². The predicted molar refractivity (Wildman–Crippen MR) is 96.9 cm³/mol. The van der Waals surface area contributed by atoms with E-state index in [0.29, 0.717) is 17.9 Å². The van der Waals surface area contributed by atoms with E-state index in [1.54, 1.807) is 11.0 Å². The molecule has 0 saturated carbocycles. The van der Waals surface area contributed by atoms with Crippen LogP contribution in [0.5, 0.6) is 0 Å². The van der Waals surface area contributed by atoms with Crippen molar-refractivity contribution in [1.82, 2.24) is 25.6 Å². The van der Waals surface area contributed by atoms with Crippen molar-refractivity contribution in [3.8, 4) is 5.69 Å². The number of nitrogens with zero attached hydrogens (tertiary/aromatic N) is 3. The van der Waals surface area contributed by atoms with Crippen LogP contribution in [-0.2, 0) is 9.53 Å². The van der Waals surface area contributed by atoms with Crippen LogP contribution in [0.4, 0.5) is 0 Å². The largest absolute Gasteiger partial charge is 0.460 e. The molecule has 7 nitrogen and oxygen atoms in total. The van der Waals surface area contributed by atoms with Crippen LogP contribution in [0.15, 0.2) is 46.2 Å². The predicted octanol–water partition coefficient (Wildman–Crippen LogP) is 2.45. The molecule has 0 aliphatic carbocycles. The van der Waals surface area contributed by atoms with Crippen LogP contribution in [0.3, 0.4) is 0 Å². The van der Waals surface area contributed by atoms with Crippen LogP contribution in [-0.4, -0.2) is 33.7 Å². The fourth-order valence-electron chi connectivity index (χ4n) is 2.61. The van der Waals surface area contributed by atoms with Gasteiger partial charge >= 0.3 is 5.97 Å². The second-order valence-electron chi connectivity index (χ2n) is 6.02. The lowest BCUT2D eigenvalue weighted by Crippen LogP contribution is -2.41. The fraction of sp³-hybridized carbons (Fsp3) is 0.353. The summed E-state index contributed by atoms with van der Waals surface area (Å²) in [6, 6.07) is 7.32. The van der Waals surface area contributed by atoms with Crippen molar-refractivity contribution < 1.29 is 9.53 Å². The van der Waals surface area contributed by atoms with Gasteiger partial charge in [0.2, 0.25) is 0 Å². The summed E-state index contributed by atoms with van der Waals surface area (Å²) < 4.78 is 6.37. The van der Waals surface area contributed by atoms with Crippen molar-refractivity contribution in [3.63, 3.8) is 0 Å². The number of esters is 1. The number of aromatic nitrogens is 3. The molecule has 0 fully saturated rings. The van der Waals surface area contributed by atoms with E-state index in [2.05, 4.69) is 36.8 Å². The number of carbonyl (C=O) groups excluding carboxylic acids is 1. The number of benzene rings is 1. The van der Waals surface area contributed by atoms with Gasteiger partial charge in [0.1, 0.15) is 5.69 Å². The highest BCUT2D eigenvalue weighted by atomic mass is 79.9. The molecular weight excluding hydrogens is 386 g/mol. The normalized spacial score (nSPS) is 17.6. The molecule has 0 saturated heterocycles. The summed E-state index contributed by atoms with van der Waals surface area (Å²) in [5.41, 5.74) is 2.82. The minimum absolute atomic E-state index is 0.186. The van der Waals surface area contributed by atoms with E-state index < -0.39 is 0 Å². The lowest BCUT2D eigenvalue weighted by Gasteiger charge is -2.27. The number of ether oxygens (including phenoxy) is 1. The summed E-state index contributed by atoms with van der Waals surface area (Å²) >= 11 is 3.41. The highest BCUT2D eigenvalue weighted by molar-refractivity contribution is 9.10. The van der Waals surface area contributed by atoms with Crippen molar-refractivity contribution in [2.45, 2.75) is 32.9 Å². The van der Waals surface area contributed by atoms with Gasteiger partial charge in [0, 0.05) is 10.2 Å². The molecular formula is C17H20BrN5O2. The Hall–Kier alpha value is -2.19. The Morgan fingerprint density at radius 2 is 2.08 bits per heavy atom. The molecule has 0 amide bonds. The Balaban J connectivity index is 1.90. The third-order valence-electron chi connectivity index (χ3n) is 3.78. The Morgan fingerprint density at radius 3 is 2.76 bits per heavy atom. The number of hydrogen-bond acceptors (Lipinski definition) is 6. The average Bonchev–Trinajstić information content (AvgIpc) is 3.04. The van der Waals surface area contributed by atoms with Gasteiger partial charge in [0.05, 0.1) is 36.3 Å². The SMILES string of the molecule is CC1=C(C(=O)OC(C)C)C(c2cnn(-c3ccc(Br)cc3)n2)NCN1. The summed E-state index contributed by atoms with van der Waals surface area (Å²) in [5.74, 6) is -0.351. The lowest BCUT2D eigenvalue weighted by atomic mass is 10.0. The highest BCUT2D eigenvalue weighted by Gasteiger charge is 2.31. The molecule has 2 aromatic rings. The zero-order valence-corrected chi connectivity index (χ0v) is 15.9. The van der Waals surface area contributed by atoms with Gasteiger partial charge in [0.15, 0.2) is 0 Å². The van der Waals surface area contributed by atoms with Crippen molar-refractivity contribution in [3.05, 3.63) is 51.9 Å². The molecule has 1 atom stereocenters. The van der Waals surface area contributed by atoms with Gasteiger partial charge in [0.25, 0.3) is 0 Å². The molecule has 0 spiro atoms. The van der Waals surface area contributed by atoms with Crippen LogP contribution in [0.2, 0.25) is 0 Å². The Bertz CT molecular complexity index is 798. The Morgan fingerprint density at radius 1 is 1.36 bits per heavy atom. The third-order valence-corrected chi connectivity index (χ3v) is 4.31. The minimum atomic E-state index is -0.364. The summed E-state index contributed by atoms with van der Waals surface area (Å²) in [6.45, 7) is 6.07. The number of carbonyl (C=O) groups is 1. The molecule has 132 valence electrons. The van der Waals surface area contributed by atoms with E-state index >= 15 is 0 Å². The molecule has 1 aromatic carbocycles. The van der Waals surface area contributed by atoms with Crippen molar-refractivity contribution in [2.24, 2.45) is 0 Å². The van der Waals surface area contributed by atoms with Crippen molar-refractivity contribution in [1.29, 1.82) is 0 Å². The van der Waals surface area contributed by atoms with Crippen LogP contribution >= 0.6 is 15.9 Å². The maximum absolute atomic E-state index is 12.5. The topological polar surface area (TPSA) is 81.1 Å². The molecule has 8 heteroatoms. The molecule has 2 heterocycles.